The second-order valence-electron chi connectivity index (χ2n) is 7.91. The van der Waals surface area contributed by atoms with Crippen LogP contribution in [0.5, 0.6) is 0 Å². The van der Waals surface area contributed by atoms with Crippen molar-refractivity contribution in [2.45, 2.75) is 6.54 Å². The molecule has 1 amide bonds. The topological polar surface area (TPSA) is 108 Å². The number of benzene rings is 2. The summed E-state index contributed by atoms with van der Waals surface area (Å²) in [4.78, 5) is 35.2. The van der Waals surface area contributed by atoms with E-state index in [2.05, 4.69) is 25.4 Å². The molecule has 0 fully saturated rings. The van der Waals surface area contributed by atoms with Crippen molar-refractivity contribution in [1.82, 2.24) is 19.7 Å². The van der Waals surface area contributed by atoms with Gasteiger partial charge in [0, 0.05) is 36.6 Å². The molecule has 8 heteroatoms. The zero-order chi connectivity index (χ0) is 23.5. The lowest BCUT2D eigenvalue weighted by atomic mass is 10.1. The van der Waals surface area contributed by atoms with E-state index >= 15 is 0 Å². The van der Waals surface area contributed by atoms with Crippen LogP contribution in [0.3, 0.4) is 0 Å². The van der Waals surface area contributed by atoms with Crippen LogP contribution in [0.4, 0.5) is 5.69 Å². The van der Waals surface area contributed by atoms with Crippen LogP contribution in [-0.2, 0) is 6.54 Å². The summed E-state index contributed by atoms with van der Waals surface area (Å²) in [5.41, 5.74) is 4.73. The SMILES string of the molecule is C/N=C\c1ccc(Cn2cc(NC(=O)c3c[nH]c(=O)c(-c4cc5ccccc5[nH]4)c3)cn2)cc1. The van der Waals surface area contributed by atoms with Gasteiger partial charge in [0.2, 0.25) is 0 Å². The second kappa shape index (κ2) is 9.03. The number of carbonyl (C=O) groups is 1. The molecule has 0 bridgehead atoms. The molecular formula is C26H22N6O2. The third-order valence-electron chi connectivity index (χ3n) is 5.48. The zero-order valence-corrected chi connectivity index (χ0v) is 18.4. The Bertz CT molecular complexity index is 1520. The van der Waals surface area contributed by atoms with Crippen LogP contribution < -0.4 is 10.9 Å². The maximum Gasteiger partial charge on any atom is 0.257 e. The Hall–Kier alpha value is -4.72. The van der Waals surface area contributed by atoms with Gasteiger partial charge >= 0.3 is 0 Å². The summed E-state index contributed by atoms with van der Waals surface area (Å²) in [6, 6.07) is 19.3. The van der Waals surface area contributed by atoms with Crippen molar-refractivity contribution < 1.29 is 4.79 Å². The van der Waals surface area contributed by atoms with Gasteiger partial charge in [0.05, 0.1) is 35.2 Å². The van der Waals surface area contributed by atoms with Crippen LogP contribution >= 0.6 is 0 Å². The number of pyridine rings is 1. The van der Waals surface area contributed by atoms with E-state index in [0.717, 1.165) is 22.0 Å². The van der Waals surface area contributed by atoms with Crippen molar-refractivity contribution in [3.63, 3.8) is 0 Å². The third-order valence-corrected chi connectivity index (χ3v) is 5.48. The van der Waals surface area contributed by atoms with Crippen molar-refractivity contribution in [3.8, 4) is 11.3 Å². The molecule has 0 atom stereocenters. The molecule has 0 spiro atoms. The van der Waals surface area contributed by atoms with Crippen LogP contribution in [0, 0.1) is 0 Å². The quantitative estimate of drug-likeness (QED) is 0.339. The summed E-state index contributed by atoms with van der Waals surface area (Å²) in [5.74, 6) is -0.337. The molecular weight excluding hydrogens is 428 g/mol. The Morgan fingerprint density at radius 2 is 1.97 bits per heavy atom. The summed E-state index contributed by atoms with van der Waals surface area (Å²) in [7, 11) is 1.74. The Morgan fingerprint density at radius 1 is 1.15 bits per heavy atom. The van der Waals surface area contributed by atoms with Gasteiger partial charge < -0.3 is 15.3 Å². The maximum absolute atomic E-state index is 12.9. The summed E-state index contributed by atoms with van der Waals surface area (Å²) in [6.07, 6.45) is 6.57. The minimum Gasteiger partial charge on any atom is -0.354 e. The summed E-state index contributed by atoms with van der Waals surface area (Å²) in [6.45, 7) is 0.572. The number of nitrogens with one attached hydrogen (secondary N) is 3. The largest absolute Gasteiger partial charge is 0.354 e. The number of anilines is 1. The summed E-state index contributed by atoms with van der Waals surface area (Å²) >= 11 is 0. The Kier molecular flexibility index (Phi) is 5.61. The third kappa shape index (κ3) is 4.42. The lowest BCUT2D eigenvalue weighted by Crippen LogP contribution is -2.16. The first-order valence-electron chi connectivity index (χ1n) is 10.7. The number of fused-ring (bicyclic) bond motifs is 1. The number of carbonyl (C=O) groups excluding carboxylic acids is 1. The average molecular weight is 451 g/mol. The standard InChI is InChI=1S/C26H22N6O2/c1-27-12-17-6-8-18(9-7-17)15-32-16-21(14-29-32)30-25(33)20-10-22(26(34)28-13-20)24-11-19-4-2-3-5-23(19)31-24/h2-14,16,31H,15H2,1H3,(H,28,34)(H,30,33)/b27-12-. The monoisotopic (exact) mass is 450 g/mol. The number of hydrogen-bond donors (Lipinski definition) is 3. The van der Waals surface area contributed by atoms with Crippen LogP contribution in [0.15, 0.2) is 89.0 Å². The number of aromatic amines is 2. The molecule has 3 heterocycles. The Morgan fingerprint density at radius 3 is 2.76 bits per heavy atom. The molecule has 0 aliphatic heterocycles. The smallest absolute Gasteiger partial charge is 0.257 e. The van der Waals surface area contributed by atoms with Crippen LogP contribution in [-0.4, -0.2) is 38.9 Å². The number of rotatable bonds is 6. The average Bonchev–Trinajstić information content (AvgIpc) is 3.47. The fraction of sp³-hybridized carbons (Fsp3) is 0.0769. The first kappa shape index (κ1) is 21.1. The van der Waals surface area contributed by atoms with Crippen molar-refractivity contribution >= 4 is 28.7 Å². The molecule has 0 aliphatic rings. The molecule has 0 radical (unpaired) electrons. The molecule has 34 heavy (non-hydrogen) atoms. The number of aromatic nitrogens is 4. The molecule has 5 aromatic rings. The molecule has 0 aliphatic carbocycles. The zero-order valence-electron chi connectivity index (χ0n) is 18.4. The van der Waals surface area contributed by atoms with E-state index in [0.29, 0.717) is 29.1 Å². The van der Waals surface area contributed by atoms with Gasteiger partial charge in [0.1, 0.15) is 0 Å². The first-order chi connectivity index (χ1) is 16.6. The number of aliphatic imine (C=N–C) groups is 1. The summed E-state index contributed by atoms with van der Waals surface area (Å²) in [5, 5.41) is 8.17. The van der Waals surface area contributed by atoms with Crippen LogP contribution in [0.2, 0.25) is 0 Å². The van der Waals surface area contributed by atoms with Crippen molar-refractivity contribution in [3.05, 3.63) is 106 Å². The molecule has 8 nitrogen and oxygen atoms in total. The number of nitrogens with zero attached hydrogens (tertiary/aromatic N) is 3. The number of amides is 1. The number of hydrogen-bond acceptors (Lipinski definition) is 4. The molecule has 0 saturated carbocycles. The van der Waals surface area contributed by atoms with Crippen molar-refractivity contribution in [2.24, 2.45) is 4.99 Å². The van der Waals surface area contributed by atoms with Gasteiger partial charge in [-0.3, -0.25) is 19.3 Å². The van der Waals surface area contributed by atoms with Gasteiger partial charge in [0.15, 0.2) is 0 Å². The van der Waals surface area contributed by atoms with Gasteiger partial charge in [0.25, 0.3) is 11.5 Å². The van der Waals surface area contributed by atoms with Crippen molar-refractivity contribution in [1.29, 1.82) is 0 Å². The minimum absolute atomic E-state index is 0.271. The van der Waals surface area contributed by atoms with E-state index in [4.69, 9.17) is 0 Å². The van der Waals surface area contributed by atoms with Crippen LogP contribution in [0.1, 0.15) is 21.5 Å². The fourth-order valence-electron chi connectivity index (χ4n) is 3.80. The van der Waals surface area contributed by atoms with Gasteiger partial charge in [-0.15, -0.1) is 0 Å². The van der Waals surface area contributed by atoms with E-state index in [9.17, 15) is 9.59 Å². The van der Waals surface area contributed by atoms with Gasteiger partial charge in [-0.2, -0.15) is 5.10 Å². The molecule has 5 rings (SSSR count). The molecule has 168 valence electrons. The lowest BCUT2D eigenvalue weighted by Gasteiger charge is -2.05. The van der Waals surface area contributed by atoms with Gasteiger partial charge in [-0.05, 0) is 29.3 Å². The number of para-hydroxylation sites is 1. The van der Waals surface area contributed by atoms with Gasteiger partial charge in [-0.25, -0.2) is 0 Å². The maximum atomic E-state index is 12.9. The van der Waals surface area contributed by atoms with E-state index < -0.39 is 0 Å². The molecule has 0 saturated heterocycles. The van der Waals surface area contributed by atoms with Crippen LogP contribution in [0.25, 0.3) is 22.2 Å². The van der Waals surface area contributed by atoms with E-state index in [1.807, 2.05) is 54.6 Å². The normalized spacial score (nSPS) is 11.3. The predicted molar refractivity (Wildman–Crippen MR) is 134 cm³/mol. The van der Waals surface area contributed by atoms with E-state index in [1.165, 1.54) is 6.20 Å². The number of H-pyrrole nitrogens is 2. The van der Waals surface area contributed by atoms with Crippen molar-refractivity contribution in [2.75, 3.05) is 12.4 Å². The molecule has 3 aromatic heterocycles. The Balaban J connectivity index is 1.31. The Labute approximate surface area is 195 Å². The molecule has 2 aromatic carbocycles. The highest BCUT2D eigenvalue weighted by atomic mass is 16.2. The first-order valence-corrected chi connectivity index (χ1v) is 10.7. The highest BCUT2D eigenvalue weighted by Gasteiger charge is 2.13. The highest BCUT2D eigenvalue weighted by molar-refractivity contribution is 6.04. The highest BCUT2D eigenvalue weighted by Crippen LogP contribution is 2.22. The minimum atomic E-state index is -0.337. The molecule has 0 unspecified atom stereocenters. The molecule has 3 N–H and O–H groups in total. The fourth-order valence-corrected chi connectivity index (χ4v) is 3.80. The summed E-state index contributed by atoms with van der Waals surface area (Å²) < 4.78 is 1.75. The predicted octanol–water partition coefficient (Wildman–Crippen LogP) is 4.07. The van der Waals surface area contributed by atoms with Gasteiger partial charge in [-0.1, -0.05) is 42.5 Å². The lowest BCUT2D eigenvalue weighted by molar-refractivity contribution is 0.102. The van der Waals surface area contributed by atoms with E-state index in [1.54, 1.807) is 36.4 Å². The van der Waals surface area contributed by atoms with E-state index in [-0.39, 0.29) is 11.5 Å². The second-order valence-corrected chi connectivity index (χ2v) is 7.91.